The molecule has 2 aromatic heterocycles. The average Bonchev–Trinajstić information content (AvgIpc) is 2.95. The van der Waals surface area contributed by atoms with Crippen LogP contribution < -0.4 is 16.2 Å². The lowest BCUT2D eigenvalue weighted by molar-refractivity contribution is 0.221. The molecule has 26 heavy (non-hydrogen) atoms. The van der Waals surface area contributed by atoms with Gasteiger partial charge in [0.1, 0.15) is 5.52 Å². The Hall–Kier alpha value is -2.87. The summed E-state index contributed by atoms with van der Waals surface area (Å²) in [5.41, 5.74) is 6.67. The number of aromatic amines is 1. The third-order valence-electron chi connectivity index (χ3n) is 4.80. The van der Waals surface area contributed by atoms with Crippen LogP contribution in [0.3, 0.4) is 0 Å². The average molecular weight is 357 g/mol. The molecule has 0 aliphatic carbocycles. The summed E-state index contributed by atoms with van der Waals surface area (Å²) in [6.45, 7) is 1.82. The van der Waals surface area contributed by atoms with E-state index in [0.717, 1.165) is 25.9 Å². The Bertz CT molecular complexity index is 1000. The normalized spacial score (nSPS) is 16.2. The van der Waals surface area contributed by atoms with E-state index in [-0.39, 0.29) is 17.5 Å². The van der Waals surface area contributed by atoms with Gasteiger partial charge in [-0.3, -0.25) is 9.55 Å². The first-order chi connectivity index (χ1) is 12.5. The number of halogens is 1. The highest BCUT2D eigenvalue weighted by atomic mass is 19.1. The lowest BCUT2D eigenvalue weighted by atomic mass is 10.1. The fourth-order valence-electron chi connectivity index (χ4n) is 3.43. The molecule has 1 aliphatic heterocycles. The van der Waals surface area contributed by atoms with E-state index in [1.54, 1.807) is 16.7 Å². The zero-order valence-electron chi connectivity index (χ0n) is 14.4. The number of imidazole rings is 1. The Morgan fingerprint density at radius 2 is 2.04 bits per heavy atom. The molecular formula is C18H20FN5O2. The van der Waals surface area contributed by atoms with E-state index in [1.165, 1.54) is 18.3 Å². The molecule has 3 aromatic rings. The highest BCUT2D eigenvalue weighted by molar-refractivity contribution is 5.78. The van der Waals surface area contributed by atoms with Gasteiger partial charge in [-0.15, -0.1) is 0 Å². The number of hydrogen-bond acceptors (Lipinski definition) is 5. The predicted octanol–water partition coefficient (Wildman–Crippen LogP) is 2.50. The molecule has 1 aliphatic rings. The molecule has 7 nitrogen and oxygen atoms in total. The lowest BCUT2D eigenvalue weighted by Gasteiger charge is -2.29. The number of pyridine rings is 1. The van der Waals surface area contributed by atoms with Crippen molar-refractivity contribution in [1.29, 1.82) is 0 Å². The number of fused-ring (bicyclic) bond motifs is 1. The van der Waals surface area contributed by atoms with Crippen molar-refractivity contribution in [2.24, 2.45) is 0 Å². The minimum Gasteiger partial charge on any atom is -0.452 e. The first kappa shape index (κ1) is 16.6. The maximum absolute atomic E-state index is 14.1. The molecule has 0 saturated carbocycles. The first-order valence-corrected chi connectivity index (χ1v) is 8.53. The predicted molar refractivity (Wildman–Crippen MR) is 97.0 cm³/mol. The fourth-order valence-corrected chi connectivity index (χ4v) is 3.43. The van der Waals surface area contributed by atoms with Crippen molar-refractivity contribution in [2.75, 3.05) is 25.9 Å². The number of nitrogens with two attached hydrogens (primary N) is 1. The number of anilines is 1. The molecular weight excluding hydrogens is 337 g/mol. The van der Waals surface area contributed by atoms with E-state index in [2.05, 4.69) is 21.9 Å². The van der Waals surface area contributed by atoms with Crippen molar-refractivity contribution < 1.29 is 9.13 Å². The number of ether oxygens (including phenoxy) is 1. The third kappa shape index (κ3) is 2.92. The molecule has 1 fully saturated rings. The van der Waals surface area contributed by atoms with Crippen LogP contribution in [-0.4, -0.2) is 39.6 Å². The second-order valence-corrected chi connectivity index (χ2v) is 6.63. The number of nitrogen functional groups attached to an aromatic ring is 1. The van der Waals surface area contributed by atoms with E-state index in [1.807, 2.05) is 0 Å². The van der Waals surface area contributed by atoms with Gasteiger partial charge in [0.2, 0.25) is 0 Å². The molecule has 0 unspecified atom stereocenters. The smallest absolute Gasteiger partial charge is 0.328 e. The minimum absolute atomic E-state index is 0.0512. The van der Waals surface area contributed by atoms with Crippen molar-refractivity contribution in [3.8, 4) is 11.5 Å². The molecule has 0 atom stereocenters. The molecule has 0 spiro atoms. The van der Waals surface area contributed by atoms with Crippen LogP contribution in [0, 0.1) is 5.82 Å². The SMILES string of the molecule is CN1CCC(n2c(=O)[nH]c3nccc(Oc4ccc(N)cc4F)c32)CC1. The largest absolute Gasteiger partial charge is 0.452 e. The van der Waals surface area contributed by atoms with Crippen molar-refractivity contribution >= 4 is 16.9 Å². The molecule has 0 radical (unpaired) electrons. The number of rotatable bonds is 3. The maximum Gasteiger partial charge on any atom is 0.328 e. The molecule has 8 heteroatoms. The van der Waals surface area contributed by atoms with Crippen molar-refractivity contribution in [1.82, 2.24) is 19.4 Å². The first-order valence-electron chi connectivity index (χ1n) is 8.53. The highest BCUT2D eigenvalue weighted by Gasteiger charge is 2.24. The zero-order valence-corrected chi connectivity index (χ0v) is 14.4. The minimum atomic E-state index is -0.557. The molecule has 3 N–H and O–H groups in total. The van der Waals surface area contributed by atoms with Gasteiger partial charge < -0.3 is 15.4 Å². The van der Waals surface area contributed by atoms with Crippen LogP contribution in [0.1, 0.15) is 18.9 Å². The zero-order chi connectivity index (χ0) is 18.3. The topological polar surface area (TPSA) is 89.2 Å². The summed E-state index contributed by atoms with van der Waals surface area (Å²) in [6, 6.07) is 5.93. The summed E-state index contributed by atoms with van der Waals surface area (Å²) < 4.78 is 21.6. The number of nitrogens with zero attached hydrogens (tertiary/aromatic N) is 3. The van der Waals surface area contributed by atoms with Gasteiger partial charge in [-0.25, -0.2) is 14.2 Å². The summed E-state index contributed by atoms with van der Waals surface area (Å²) in [6.07, 6.45) is 3.24. The Balaban J connectivity index is 1.79. The highest BCUT2D eigenvalue weighted by Crippen LogP contribution is 2.33. The number of H-pyrrole nitrogens is 1. The van der Waals surface area contributed by atoms with Crippen LogP contribution in [0.15, 0.2) is 35.3 Å². The van der Waals surface area contributed by atoms with Gasteiger partial charge in [0, 0.05) is 30.1 Å². The van der Waals surface area contributed by atoms with Gasteiger partial charge in [-0.2, -0.15) is 0 Å². The number of hydrogen-bond donors (Lipinski definition) is 2. The van der Waals surface area contributed by atoms with E-state index in [0.29, 0.717) is 22.6 Å². The van der Waals surface area contributed by atoms with Gasteiger partial charge in [-0.1, -0.05) is 0 Å². The number of benzene rings is 1. The number of nitrogens with one attached hydrogen (secondary N) is 1. The summed E-state index contributed by atoms with van der Waals surface area (Å²) in [4.78, 5) is 21.8. The van der Waals surface area contributed by atoms with Crippen LogP contribution in [0.25, 0.3) is 11.2 Å². The van der Waals surface area contributed by atoms with Crippen molar-refractivity contribution in [3.63, 3.8) is 0 Å². The number of piperidine rings is 1. The van der Waals surface area contributed by atoms with Crippen LogP contribution in [0.5, 0.6) is 11.5 Å². The summed E-state index contributed by atoms with van der Waals surface area (Å²) in [7, 11) is 2.06. The maximum atomic E-state index is 14.1. The molecule has 1 saturated heterocycles. The van der Waals surface area contributed by atoms with Crippen LogP contribution in [0.2, 0.25) is 0 Å². The van der Waals surface area contributed by atoms with Crippen LogP contribution >= 0.6 is 0 Å². The second kappa shape index (κ2) is 6.45. The van der Waals surface area contributed by atoms with E-state index in [9.17, 15) is 9.18 Å². The molecule has 136 valence electrons. The molecule has 0 amide bonds. The van der Waals surface area contributed by atoms with Gasteiger partial charge in [0.15, 0.2) is 23.0 Å². The Labute approximate surface area is 149 Å². The summed E-state index contributed by atoms with van der Waals surface area (Å²) >= 11 is 0. The van der Waals surface area contributed by atoms with E-state index in [4.69, 9.17) is 10.5 Å². The van der Waals surface area contributed by atoms with Crippen molar-refractivity contribution in [2.45, 2.75) is 18.9 Å². The standard InChI is InChI=1S/C18H20FN5O2/c1-23-8-5-12(6-9-23)24-16-15(4-7-21-17(16)22-18(24)25)26-14-3-2-11(20)10-13(14)19/h2-4,7,10,12H,5-6,8-9,20H2,1H3,(H,21,22,25). The van der Waals surface area contributed by atoms with E-state index >= 15 is 0 Å². The van der Waals surface area contributed by atoms with Gasteiger partial charge >= 0.3 is 5.69 Å². The molecule has 4 rings (SSSR count). The molecule has 3 heterocycles. The number of likely N-dealkylation sites (tertiary alicyclic amines) is 1. The lowest BCUT2D eigenvalue weighted by Crippen LogP contribution is -2.34. The molecule has 0 bridgehead atoms. The van der Waals surface area contributed by atoms with Gasteiger partial charge in [-0.05, 0) is 45.1 Å². The summed E-state index contributed by atoms with van der Waals surface area (Å²) in [5.74, 6) is -0.120. The summed E-state index contributed by atoms with van der Waals surface area (Å²) in [5, 5.41) is 0. The van der Waals surface area contributed by atoms with Crippen LogP contribution in [0.4, 0.5) is 10.1 Å². The third-order valence-corrected chi connectivity index (χ3v) is 4.80. The Kier molecular flexibility index (Phi) is 4.12. The Morgan fingerprint density at radius 3 is 2.77 bits per heavy atom. The van der Waals surface area contributed by atoms with E-state index < -0.39 is 5.82 Å². The van der Waals surface area contributed by atoms with Gasteiger partial charge in [0.25, 0.3) is 0 Å². The number of aromatic nitrogens is 3. The second-order valence-electron chi connectivity index (χ2n) is 6.63. The fraction of sp³-hybridized carbons (Fsp3) is 0.333. The molecule has 1 aromatic carbocycles. The monoisotopic (exact) mass is 357 g/mol. The van der Waals surface area contributed by atoms with Gasteiger partial charge in [0.05, 0.1) is 0 Å². The Morgan fingerprint density at radius 1 is 1.27 bits per heavy atom. The van der Waals surface area contributed by atoms with Crippen molar-refractivity contribution in [3.05, 3.63) is 46.8 Å². The quantitative estimate of drug-likeness (QED) is 0.703. The van der Waals surface area contributed by atoms with Crippen LogP contribution in [-0.2, 0) is 0 Å².